The third-order valence-corrected chi connectivity index (χ3v) is 7.42. The smallest absolute Gasteiger partial charge is 0.238 e. The Kier molecular flexibility index (Phi) is 6.97. The van der Waals surface area contributed by atoms with E-state index in [0.717, 1.165) is 73.4 Å². The number of ether oxygens (including phenoxy) is 1. The molecule has 0 radical (unpaired) electrons. The lowest BCUT2D eigenvalue weighted by molar-refractivity contribution is 0.0374. The van der Waals surface area contributed by atoms with Crippen LogP contribution in [0.25, 0.3) is 22.0 Å². The molecule has 1 saturated heterocycles. The number of sulfonamides is 1. The van der Waals surface area contributed by atoms with Gasteiger partial charge in [0.25, 0.3) is 0 Å². The quantitative estimate of drug-likeness (QED) is 0.355. The number of hydrogen-bond donors (Lipinski definition) is 2. The molecular formula is C27H28N4O4S. The van der Waals surface area contributed by atoms with Crippen LogP contribution in [0.2, 0.25) is 0 Å². The number of rotatable bonds is 8. The van der Waals surface area contributed by atoms with Crippen LogP contribution in [0.1, 0.15) is 28.0 Å². The molecular weight excluding hydrogens is 476 g/mol. The number of aromatic amines is 1. The van der Waals surface area contributed by atoms with Crippen LogP contribution < -0.4 is 5.14 Å². The second-order valence-electron chi connectivity index (χ2n) is 8.96. The van der Waals surface area contributed by atoms with Crippen molar-refractivity contribution in [3.05, 3.63) is 83.8 Å². The largest absolute Gasteiger partial charge is 0.379 e. The molecule has 2 aromatic heterocycles. The number of carbonyl (C=O) groups excluding carboxylic acids is 1. The average Bonchev–Trinajstić information content (AvgIpc) is 3.32. The topological polar surface area (TPSA) is 118 Å². The predicted molar refractivity (Wildman–Crippen MR) is 138 cm³/mol. The van der Waals surface area contributed by atoms with Gasteiger partial charge in [-0.3, -0.25) is 14.7 Å². The number of carbonyl (C=O) groups is 1. The first-order valence-electron chi connectivity index (χ1n) is 11.9. The van der Waals surface area contributed by atoms with Crippen molar-refractivity contribution in [1.82, 2.24) is 14.9 Å². The van der Waals surface area contributed by atoms with Gasteiger partial charge in [0.1, 0.15) is 0 Å². The number of primary sulfonamides is 1. The molecule has 36 heavy (non-hydrogen) atoms. The first kappa shape index (κ1) is 24.3. The SMILES string of the molecule is NS(=O)(=O)c1cccc(C(=O)c2ccc3c(-c4ccnc(CCCN5CCOCC5)c4)c[nH]c3c2)c1. The Bertz CT molecular complexity index is 1510. The van der Waals surface area contributed by atoms with Crippen molar-refractivity contribution >= 4 is 26.7 Å². The Morgan fingerprint density at radius 2 is 1.86 bits per heavy atom. The standard InChI is InChI=1S/C27H28N4O4S/c28-36(33,34)23-5-1-3-20(16-23)27(32)21-6-7-24-25(18-30-26(24)17-21)19-8-9-29-22(15-19)4-2-10-31-11-13-35-14-12-31/h1,3,5-9,15-18,30H,2,4,10-14H2,(H2,28,33,34). The van der Waals surface area contributed by atoms with E-state index < -0.39 is 10.0 Å². The zero-order chi connectivity index (χ0) is 25.1. The molecule has 0 amide bonds. The highest BCUT2D eigenvalue weighted by Crippen LogP contribution is 2.30. The van der Waals surface area contributed by atoms with Gasteiger partial charge in [-0.15, -0.1) is 0 Å². The maximum Gasteiger partial charge on any atom is 0.238 e. The van der Waals surface area contributed by atoms with Crippen molar-refractivity contribution in [2.75, 3.05) is 32.8 Å². The Morgan fingerprint density at radius 1 is 1.06 bits per heavy atom. The van der Waals surface area contributed by atoms with Crippen LogP contribution in [-0.4, -0.2) is 61.9 Å². The fourth-order valence-electron chi connectivity index (χ4n) is 4.58. The fraction of sp³-hybridized carbons (Fsp3) is 0.259. The zero-order valence-electron chi connectivity index (χ0n) is 19.8. The van der Waals surface area contributed by atoms with Gasteiger partial charge < -0.3 is 9.72 Å². The van der Waals surface area contributed by atoms with Gasteiger partial charge in [0.15, 0.2) is 5.78 Å². The summed E-state index contributed by atoms with van der Waals surface area (Å²) in [6.07, 6.45) is 5.73. The summed E-state index contributed by atoms with van der Waals surface area (Å²) in [6, 6.07) is 15.4. The summed E-state index contributed by atoms with van der Waals surface area (Å²) in [6.45, 7) is 4.64. The zero-order valence-corrected chi connectivity index (χ0v) is 20.6. The molecule has 0 spiro atoms. The molecule has 3 heterocycles. The van der Waals surface area contributed by atoms with Crippen LogP contribution in [0.4, 0.5) is 0 Å². The van der Waals surface area contributed by atoms with Gasteiger partial charge in [0.05, 0.1) is 18.1 Å². The first-order chi connectivity index (χ1) is 17.4. The van der Waals surface area contributed by atoms with Crippen LogP contribution in [-0.2, 0) is 21.2 Å². The molecule has 8 nitrogen and oxygen atoms in total. The minimum absolute atomic E-state index is 0.0879. The van der Waals surface area contributed by atoms with E-state index >= 15 is 0 Å². The summed E-state index contributed by atoms with van der Waals surface area (Å²) in [5, 5.41) is 6.21. The second kappa shape index (κ2) is 10.3. The van der Waals surface area contributed by atoms with E-state index in [-0.39, 0.29) is 16.2 Å². The monoisotopic (exact) mass is 504 g/mol. The van der Waals surface area contributed by atoms with E-state index in [9.17, 15) is 13.2 Å². The number of benzene rings is 2. The number of H-pyrrole nitrogens is 1. The van der Waals surface area contributed by atoms with Crippen molar-refractivity contribution < 1.29 is 17.9 Å². The van der Waals surface area contributed by atoms with Gasteiger partial charge >= 0.3 is 0 Å². The van der Waals surface area contributed by atoms with E-state index in [1.54, 1.807) is 18.2 Å². The molecule has 1 aliphatic heterocycles. The Morgan fingerprint density at radius 3 is 2.67 bits per heavy atom. The number of nitrogens with zero attached hydrogens (tertiary/aromatic N) is 2. The summed E-state index contributed by atoms with van der Waals surface area (Å²) in [7, 11) is -3.89. The van der Waals surface area contributed by atoms with Crippen LogP contribution >= 0.6 is 0 Å². The lowest BCUT2D eigenvalue weighted by Crippen LogP contribution is -2.36. The Balaban J connectivity index is 1.34. The van der Waals surface area contributed by atoms with Crippen LogP contribution in [0.5, 0.6) is 0 Å². The number of nitrogens with one attached hydrogen (secondary N) is 1. The van der Waals surface area contributed by atoms with Crippen molar-refractivity contribution in [2.24, 2.45) is 5.14 Å². The maximum atomic E-state index is 13.0. The van der Waals surface area contributed by atoms with E-state index in [4.69, 9.17) is 9.88 Å². The van der Waals surface area contributed by atoms with Crippen LogP contribution in [0, 0.1) is 0 Å². The third kappa shape index (κ3) is 5.39. The Labute approximate surface area is 210 Å². The average molecular weight is 505 g/mol. The summed E-state index contributed by atoms with van der Waals surface area (Å²) in [5.74, 6) is -0.273. The summed E-state index contributed by atoms with van der Waals surface area (Å²) >= 11 is 0. The van der Waals surface area contributed by atoms with Gasteiger partial charge in [-0.2, -0.15) is 0 Å². The minimum Gasteiger partial charge on any atom is -0.379 e. The molecule has 2 aromatic carbocycles. The molecule has 5 rings (SSSR count). The number of aromatic nitrogens is 2. The normalized spacial score (nSPS) is 14.8. The van der Waals surface area contributed by atoms with Gasteiger partial charge in [0.2, 0.25) is 10.0 Å². The van der Waals surface area contributed by atoms with E-state index in [2.05, 4.69) is 20.9 Å². The summed E-state index contributed by atoms with van der Waals surface area (Å²) in [5.41, 5.74) is 4.71. The molecule has 0 bridgehead atoms. The lowest BCUT2D eigenvalue weighted by Gasteiger charge is -2.26. The van der Waals surface area contributed by atoms with Crippen LogP contribution in [0.3, 0.4) is 0 Å². The molecule has 3 N–H and O–H groups in total. The highest BCUT2D eigenvalue weighted by atomic mass is 32.2. The van der Waals surface area contributed by atoms with E-state index in [0.29, 0.717) is 5.56 Å². The maximum absolute atomic E-state index is 13.0. The number of nitrogens with two attached hydrogens (primary N) is 1. The molecule has 1 fully saturated rings. The van der Waals surface area contributed by atoms with Gasteiger partial charge in [-0.05, 0) is 55.3 Å². The molecule has 0 saturated carbocycles. The number of ketones is 1. The first-order valence-corrected chi connectivity index (χ1v) is 13.5. The number of pyridine rings is 1. The number of fused-ring (bicyclic) bond motifs is 1. The fourth-order valence-corrected chi connectivity index (χ4v) is 5.14. The summed E-state index contributed by atoms with van der Waals surface area (Å²) in [4.78, 5) is 23.2. The highest BCUT2D eigenvalue weighted by molar-refractivity contribution is 7.89. The number of aryl methyl sites for hydroxylation is 1. The van der Waals surface area contributed by atoms with Crippen LogP contribution in [0.15, 0.2) is 71.9 Å². The Hall–Kier alpha value is -3.37. The third-order valence-electron chi connectivity index (χ3n) is 6.51. The van der Waals surface area contributed by atoms with Gasteiger partial charge in [-0.1, -0.05) is 24.3 Å². The predicted octanol–water partition coefficient (Wildman–Crippen LogP) is 3.37. The van der Waals surface area contributed by atoms with Crippen molar-refractivity contribution in [2.45, 2.75) is 17.7 Å². The lowest BCUT2D eigenvalue weighted by atomic mass is 9.99. The summed E-state index contributed by atoms with van der Waals surface area (Å²) < 4.78 is 28.7. The highest BCUT2D eigenvalue weighted by Gasteiger charge is 2.16. The van der Waals surface area contributed by atoms with Crippen molar-refractivity contribution in [1.29, 1.82) is 0 Å². The number of hydrogen-bond acceptors (Lipinski definition) is 6. The molecule has 0 aliphatic carbocycles. The molecule has 4 aromatic rings. The van der Waals surface area contributed by atoms with Gasteiger partial charge in [0, 0.05) is 58.8 Å². The van der Waals surface area contributed by atoms with E-state index in [1.807, 2.05) is 24.5 Å². The van der Waals surface area contributed by atoms with E-state index in [1.165, 1.54) is 18.2 Å². The minimum atomic E-state index is -3.89. The molecule has 1 aliphatic rings. The van der Waals surface area contributed by atoms with Crippen molar-refractivity contribution in [3.8, 4) is 11.1 Å². The van der Waals surface area contributed by atoms with Gasteiger partial charge in [-0.25, -0.2) is 13.6 Å². The molecule has 186 valence electrons. The van der Waals surface area contributed by atoms with Crippen molar-refractivity contribution in [3.63, 3.8) is 0 Å². The second-order valence-corrected chi connectivity index (χ2v) is 10.5. The molecule has 0 unspecified atom stereocenters. The molecule has 9 heteroatoms. The molecule has 0 atom stereocenters. The number of morpholine rings is 1.